The van der Waals surface area contributed by atoms with E-state index in [4.69, 9.17) is 52.1 Å². The highest BCUT2D eigenvalue weighted by atomic mass is 16.8. The number of esters is 3. The molecule has 67 heavy (non-hydrogen) atoms. The Morgan fingerprint density at radius 1 is 0.746 bits per heavy atom. The summed E-state index contributed by atoms with van der Waals surface area (Å²) in [4.78, 5) is 37.3. The summed E-state index contributed by atoms with van der Waals surface area (Å²) in [6, 6.07) is 9.44. The van der Waals surface area contributed by atoms with Crippen molar-refractivity contribution >= 4 is 17.9 Å². The maximum absolute atomic E-state index is 12.6. The Labute approximate surface area is 394 Å². The molecule has 0 amide bonds. The quantitative estimate of drug-likeness (QED) is 0.163. The fourth-order valence-corrected chi connectivity index (χ4v) is 14.8. The van der Waals surface area contributed by atoms with E-state index in [0.717, 1.165) is 50.7 Å². The van der Waals surface area contributed by atoms with E-state index in [1.54, 1.807) is 6.92 Å². The SMILES string of the molecule is CC(=O)O[C@@H]1[C@@H](OC(C)=O)[C@H](C)O[C@@H](O[C@H]2[C@H](O[C@H]3CC[C@@]4(C)C(=CC[C@H]5[C@@H]6C[C@@H]7O[C@]8(CC[C@@H](C)CO8)[C@@H](C)[C@@H]7[C@@]6(C)CC[C@@H]54)C3)O[C@@H]3CO[C@@H](c4ccccc4)O[C@H]3[C@@H]2O)[C@@H]1OC(C)=O. The van der Waals surface area contributed by atoms with E-state index in [0.29, 0.717) is 41.9 Å². The zero-order valence-electron chi connectivity index (χ0n) is 40.4. The van der Waals surface area contributed by atoms with Crippen LogP contribution >= 0.6 is 0 Å². The summed E-state index contributed by atoms with van der Waals surface area (Å²) in [5, 5.41) is 12.4. The van der Waals surface area contributed by atoms with Gasteiger partial charge in [-0.1, -0.05) is 69.7 Å². The summed E-state index contributed by atoms with van der Waals surface area (Å²) in [5.41, 5.74) is 2.44. The first-order valence-corrected chi connectivity index (χ1v) is 25.1. The second kappa shape index (κ2) is 18.3. The Morgan fingerprint density at radius 3 is 2.18 bits per heavy atom. The largest absolute Gasteiger partial charge is 0.456 e. The van der Waals surface area contributed by atoms with Gasteiger partial charge in [-0.3, -0.25) is 14.4 Å². The molecule has 1 aromatic carbocycles. The molecule has 15 heteroatoms. The molecule has 1 N–H and O–H groups in total. The van der Waals surface area contributed by atoms with Gasteiger partial charge in [0.1, 0.15) is 24.4 Å². The topological polar surface area (TPSA) is 173 Å². The molecule has 9 aliphatic rings. The molecule has 0 unspecified atom stereocenters. The van der Waals surface area contributed by atoms with Crippen molar-refractivity contribution in [3.8, 4) is 0 Å². The van der Waals surface area contributed by atoms with Crippen molar-refractivity contribution in [2.45, 2.75) is 199 Å². The summed E-state index contributed by atoms with van der Waals surface area (Å²) in [6.45, 7) is 15.9. The minimum absolute atomic E-state index is 0.0249. The van der Waals surface area contributed by atoms with Crippen molar-refractivity contribution in [2.75, 3.05) is 13.2 Å². The van der Waals surface area contributed by atoms with Crippen LogP contribution in [-0.4, -0.2) is 116 Å². The van der Waals surface area contributed by atoms with Gasteiger partial charge in [-0.05, 0) is 98.7 Å². The summed E-state index contributed by atoms with van der Waals surface area (Å²) < 4.78 is 69.8. The van der Waals surface area contributed by atoms with Crippen LogP contribution in [0.5, 0.6) is 0 Å². The summed E-state index contributed by atoms with van der Waals surface area (Å²) in [7, 11) is 0. The maximum Gasteiger partial charge on any atom is 0.303 e. The molecular weight excluding hydrogens is 865 g/mol. The molecular formula is C52H72O15. The molecule has 8 fully saturated rings. The zero-order valence-corrected chi connectivity index (χ0v) is 40.4. The zero-order chi connectivity index (χ0) is 47.2. The molecule has 1 spiro atoms. The first kappa shape index (κ1) is 47.7. The van der Waals surface area contributed by atoms with Gasteiger partial charge < -0.3 is 57.2 Å². The van der Waals surface area contributed by atoms with Crippen LogP contribution in [0.1, 0.15) is 125 Å². The fraction of sp³-hybridized carbons (Fsp3) is 0.788. The number of carbonyl (C=O) groups is 3. The molecule has 3 saturated carbocycles. The number of ether oxygens (including phenoxy) is 11. The minimum Gasteiger partial charge on any atom is -0.456 e. The van der Waals surface area contributed by atoms with Crippen LogP contribution in [0, 0.1) is 46.3 Å². The molecule has 4 aliphatic carbocycles. The van der Waals surface area contributed by atoms with Crippen LogP contribution in [0.15, 0.2) is 42.0 Å². The van der Waals surface area contributed by atoms with Crippen molar-refractivity contribution in [1.82, 2.24) is 0 Å². The lowest BCUT2D eigenvalue weighted by Gasteiger charge is -2.59. The van der Waals surface area contributed by atoms with Crippen molar-refractivity contribution in [2.24, 2.45) is 46.3 Å². The highest BCUT2D eigenvalue weighted by molar-refractivity contribution is 5.68. The van der Waals surface area contributed by atoms with Gasteiger partial charge in [-0.2, -0.15) is 0 Å². The number of hydrogen-bond donors (Lipinski definition) is 1. The molecule has 5 saturated heterocycles. The third-order valence-corrected chi connectivity index (χ3v) is 18.0. The summed E-state index contributed by atoms with van der Waals surface area (Å²) >= 11 is 0. The van der Waals surface area contributed by atoms with Crippen LogP contribution in [-0.2, 0) is 66.5 Å². The third-order valence-electron chi connectivity index (χ3n) is 18.0. The first-order valence-electron chi connectivity index (χ1n) is 25.1. The monoisotopic (exact) mass is 936 g/mol. The van der Waals surface area contributed by atoms with Gasteiger partial charge in [0.15, 0.2) is 43.0 Å². The van der Waals surface area contributed by atoms with Crippen molar-refractivity contribution in [3.05, 3.63) is 47.5 Å². The van der Waals surface area contributed by atoms with Gasteiger partial charge in [-0.25, -0.2) is 0 Å². The normalized spacial score (nSPS) is 49.0. The lowest BCUT2D eigenvalue weighted by atomic mass is 9.47. The predicted octanol–water partition coefficient (Wildman–Crippen LogP) is 6.86. The molecule has 5 aliphatic heterocycles. The van der Waals surface area contributed by atoms with Gasteiger partial charge in [0.2, 0.25) is 0 Å². The van der Waals surface area contributed by atoms with Crippen molar-refractivity contribution in [3.63, 3.8) is 0 Å². The molecule has 10 rings (SSSR count). The van der Waals surface area contributed by atoms with E-state index < -0.39 is 91.4 Å². The number of aliphatic hydroxyl groups excluding tert-OH is 1. The summed E-state index contributed by atoms with van der Waals surface area (Å²) in [6.07, 6.45) is -0.625. The van der Waals surface area contributed by atoms with Crippen LogP contribution in [0.3, 0.4) is 0 Å². The predicted molar refractivity (Wildman–Crippen MR) is 237 cm³/mol. The number of fused-ring (bicyclic) bond motifs is 8. The molecule has 370 valence electrons. The van der Waals surface area contributed by atoms with Crippen LogP contribution in [0.4, 0.5) is 0 Å². The Bertz CT molecular complexity index is 2020. The molecule has 0 radical (unpaired) electrons. The number of hydrogen-bond acceptors (Lipinski definition) is 15. The molecule has 0 aromatic heterocycles. The highest BCUT2D eigenvalue weighted by Crippen LogP contribution is 2.70. The Balaban J connectivity index is 0.884. The second-order valence-corrected chi connectivity index (χ2v) is 22.0. The van der Waals surface area contributed by atoms with E-state index >= 15 is 0 Å². The molecule has 0 bridgehead atoms. The fourth-order valence-electron chi connectivity index (χ4n) is 14.8. The van der Waals surface area contributed by atoms with E-state index in [1.165, 1.54) is 39.2 Å². The number of benzene rings is 1. The van der Waals surface area contributed by atoms with Gasteiger partial charge in [0.25, 0.3) is 0 Å². The van der Waals surface area contributed by atoms with Crippen LogP contribution < -0.4 is 0 Å². The van der Waals surface area contributed by atoms with Crippen LogP contribution in [0.25, 0.3) is 0 Å². The van der Waals surface area contributed by atoms with E-state index in [2.05, 4.69) is 33.8 Å². The second-order valence-electron chi connectivity index (χ2n) is 22.0. The van der Waals surface area contributed by atoms with Gasteiger partial charge >= 0.3 is 17.9 Å². The van der Waals surface area contributed by atoms with Gasteiger partial charge in [0.05, 0.1) is 31.5 Å². The molecule has 22 atom stereocenters. The van der Waals surface area contributed by atoms with Crippen LogP contribution in [0.2, 0.25) is 0 Å². The lowest BCUT2D eigenvalue weighted by Crippen LogP contribution is -2.67. The Kier molecular flexibility index (Phi) is 13.0. The minimum atomic E-state index is -1.41. The maximum atomic E-state index is 12.6. The molecule has 15 nitrogen and oxygen atoms in total. The third kappa shape index (κ3) is 8.51. The van der Waals surface area contributed by atoms with E-state index in [9.17, 15) is 19.5 Å². The highest BCUT2D eigenvalue weighted by Gasteiger charge is 2.69. The Hall–Kier alpha value is -2.99. The van der Waals surface area contributed by atoms with Crippen molar-refractivity contribution < 1.29 is 71.6 Å². The van der Waals surface area contributed by atoms with Gasteiger partial charge in [0, 0.05) is 38.7 Å². The number of carbonyl (C=O) groups excluding carboxylic acids is 3. The lowest BCUT2D eigenvalue weighted by molar-refractivity contribution is -0.396. The van der Waals surface area contributed by atoms with E-state index in [1.807, 2.05) is 30.3 Å². The first-order chi connectivity index (χ1) is 32.0. The number of rotatable bonds is 8. The average Bonchev–Trinajstić information content (AvgIpc) is 3.74. The summed E-state index contributed by atoms with van der Waals surface area (Å²) in [5.74, 6) is 0.742. The number of aliphatic hydroxyl groups is 1. The van der Waals surface area contributed by atoms with E-state index in [-0.39, 0.29) is 29.6 Å². The average molecular weight is 937 g/mol. The van der Waals surface area contributed by atoms with Crippen molar-refractivity contribution in [1.29, 1.82) is 0 Å². The number of allylic oxidation sites excluding steroid dienone is 1. The molecule has 5 heterocycles. The molecule has 1 aromatic rings. The smallest absolute Gasteiger partial charge is 0.303 e. The van der Waals surface area contributed by atoms with Gasteiger partial charge in [-0.15, -0.1) is 0 Å². The Morgan fingerprint density at radius 2 is 1.46 bits per heavy atom. The standard InChI is InChI=1S/C52H72O15/c1-26-16-21-52(58-24-26)27(2)40-38(67-52)23-37-35-15-14-33-22-34(17-19-50(33,7)36(35)18-20-51(37,40)8)63-48-44(41(56)43-39(64-48)25-57-47(65-43)32-12-10-9-11-13-32)66-49-46(62-31(6)55)45(61-30(5)54)42(28(3)59-49)60-29(4)53/h9-14,26-28,34-49,56H,15-25H2,1-8H3/t26-,27+,28+,34+,35-,36+,37+,38+,39-,40+,41+,42+,43-,44-,45-,46-,47-,48-,49+,50+,51+,52-/m1/s1.